The fraction of sp³-hybridized carbons (Fsp3) is 0.310. The minimum Gasteiger partial charge on any atom is -0.454 e. The van der Waals surface area contributed by atoms with E-state index in [1.807, 2.05) is 61.5 Å². The zero-order valence-electron chi connectivity index (χ0n) is 20.0. The van der Waals surface area contributed by atoms with E-state index in [1.54, 1.807) is 7.05 Å². The lowest BCUT2D eigenvalue weighted by atomic mass is 9.87. The first kappa shape index (κ1) is 23.1. The standard InChI is InChI=1S/C29H29NO5.H2/c1-19-3-4-20(15-24(19)21-5-7-22(8-6-21)28(33)30(2)13-14-31)16-27(32)29(11-12-29)23-9-10-25-26(17-23)35-18-34-25;/h3-10,15,17,31H,11-14,16,18H2,1-2H3;1H. The number of carbonyl (C=O) groups excluding carboxylic acids is 2. The summed E-state index contributed by atoms with van der Waals surface area (Å²) in [7, 11) is 1.67. The molecule has 0 unspecified atom stereocenters. The molecule has 182 valence electrons. The van der Waals surface area contributed by atoms with Crippen molar-refractivity contribution in [2.45, 2.75) is 31.6 Å². The van der Waals surface area contributed by atoms with Crippen molar-refractivity contribution >= 4 is 11.7 Å². The summed E-state index contributed by atoms with van der Waals surface area (Å²) >= 11 is 0. The van der Waals surface area contributed by atoms with Gasteiger partial charge >= 0.3 is 0 Å². The number of Topliss-reactive ketones (excluding diaryl/α,β-unsaturated/α-hetero) is 1. The molecule has 6 heteroatoms. The third-order valence-corrected chi connectivity index (χ3v) is 7.10. The second-order valence-electron chi connectivity index (χ2n) is 9.43. The minimum atomic E-state index is -0.436. The monoisotopic (exact) mass is 473 g/mol. The highest BCUT2D eigenvalue weighted by Gasteiger charge is 2.50. The van der Waals surface area contributed by atoms with E-state index in [9.17, 15) is 9.59 Å². The van der Waals surface area contributed by atoms with Crippen LogP contribution in [0, 0.1) is 6.92 Å². The van der Waals surface area contributed by atoms with E-state index in [2.05, 4.69) is 6.07 Å². The van der Waals surface area contributed by atoms with Gasteiger partial charge in [-0.1, -0.05) is 36.4 Å². The largest absolute Gasteiger partial charge is 0.454 e. The third kappa shape index (κ3) is 4.42. The fourth-order valence-corrected chi connectivity index (χ4v) is 4.76. The van der Waals surface area contributed by atoms with E-state index in [-0.39, 0.29) is 26.5 Å². The molecule has 0 radical (unpaired) electrons. The van der Waals surface area contributed by atoms with Gasteiger partial charge in [0.2, 0.25) is 6.79 Å². The number of carbonyl (C=O) groups is 2. The Morgan fingerprint density at radius 3 is 2.46 bits per heavy atom. The molecule has 1 N–H and O–H groups in total. The van der Waals surface area contributed by atoms with Gasteiger partial charge in [0.1, 0.15) is 5.78 Å². The van der Waals surface area contributed by atoms with Gasteiger partial charge in [0.25, 0.3) is 5.91 Å². The molecule has 0 bridgehead atoms. The topological polar surface area (TPSA) is 76.1 Å². The van der Waals surface area contributed by atoms with Crippen LogP contribution in [0.3, 0.4) is 0 Å². The fourth-order valence-electron chi connectivity index (χ4n) is 4.76. The van der Waals surface area contributed by atoms with Gasteiger partial charge in [0, 0.05) is 27.0 Å². The molecule has 0 saturated heterocycles. The van der Waals surface area contributed by atoms with Crippen molar-refractivity contribution in [3.8, 4) is 22.6 Å². The molecule has 2 aliphatic rings. The van der Waals surface area contributed by atoms with Crippen molar-refractivity contribution in [3.05, 3.63) is 82.9 Å². The molecule has 1 heterocycles. The van der Waals surface area contributed by atoms with Crippen molar-refractivity contribution in [3.63, 3.8) is 0 Å². The smallest absolute Gasteiger partial charge is 0.253 e. The Balaban J connectivity index is 0.00000304. The number of aryl methyl sites for hydroxylation is 1. The summed E-state index contributed by atoms with van der Waals surface area (Å²) in [5, 5.41) is 9.07. The summed E-state index contributed by atoms with van der Waals surface area (Å²) in [4.78, 5) is 27.4. The zero-order valence-corrected chi connectivity index (χ0v) is 20.0. The summed E-state index contributed by atoms with van der Waals surface area (Å²) in [6, 6.07) is 19.5. The Labute approximate surface area is 206 Å². The first-order valence-electron chi connectivity index (χ1n) is 11.9. The summed E-state index contributed by atoms with van der Waals surface area (Å²) < 4.78 is 10.9. The Morgan fingerprint density at radius 1 is 1.00 bits per heavy atom. The number of ether oxygens (including phenoxy) is 2. The quantitative estimate of drug-likeness (QED) is 0.520. The van der Waals surface area contributed by atoms with Gasteiger partial charge in [0.05, 0.1) is 12.0 Å². The number of hydrogen-bond donors (Lipinski definition) is 1. The van der Waals surface area contributed by atoms with E-state index >= 15 is 0 Å². The molecular formula is C29H31NO5. The second-order valence-corrected chi connectivity index (χ2v) is 9.43. The maximum atomic E-state index is 13.4. The van der Waals surface area contributed by atoms with E-state index in [0.717, 1.165) is 46.4 Å². The average molecular weight is 474 g/mol. The lowest BCUT2D eigenvalue weighted by Gasteiger charge is -2.17. The maximum Gasteiger partial charge on any atom is 0.253 e. The highest BCUT2D eigenvalue weighted by molar-refractivity contribution is 5.95. The van der Waals surface area contributed by atoms with Crippen molar-refractivity contribution in [1.29, 1.82) is 0 Å². The van der Waals surface area contributed by atoms with E-state index < -0.39 is 5.41 Å². The lowest BCUT2D eigenvalue weighted by molar-refractivity contribution is -0.120. The number of rotatable bonds is 8. The van der Waals surface area contributed by atoms with Crippen molar-refractivity contribution in [2.75, 3.05) is 27.0 Å². The molecule has 1 aliphatic carbocycles. The highest BCUT2D eigenvalue weighted by atomic mass is 16.7. The van der Waals surface area contributed by atoms with Crippen LogP contribution in [0.2, 0.25) is 0 Å². The molecule has 6 nitrogen and oxygen atoms in total. The van der Waals surface area contributed by atoms with E-state index in [0.29, 0.717) is 24.3 Å². The molecule has 1 amide bonds. The number of ketones is 1. The van der Waals surface area contributed by atoms with Crippen LogP contribution in [0.15, 0.2) is 60.7 Å². The molecule has 35 heavy (non-hydrogen) atoms. The number of nitrogens with zero attached hydrogens (tertiary/aromatic N) is 1. The molecular weight excluding hydrogens is 442 g/mol. The minimum absolute atomic E-state index is 0. The molecule has 5 rings (SSSR count). The van der Waals surface area contributed by atoms with Crippen LogP contribution in [0.5, 0.6) is 11.5 Å². The van der Waals surface area contributed by atoms with Crippen LogP contribution in [0.1, 0.15) is 41.3 Å². The van der Waals surface area contributed by atoms with Crippen molar-refractivity contribution in [1.82, 2.24) is 4.90 Å². The van der Waals surface area contributed by atoms with Crippen LogP contribution in [0.4, 0.5) is 0 Å². The Bertz CT molecular complexity index is 1280. The number of aliphatic hydroxyl groups is 1. The van der Waals surface area contributed by atoms with Gasteiger partial charge < -0.3 is 19.5 Å². The van der Waals surface area contributed by atoms with Crippen LogP contribution >= 0.6 is 0 Å². The van der Waals surface area contributed by atoms with Crippen LogP contribution in [0.25, 0.3) is 11.1 Å². The third-order valence-electron chi connectivity index (χ3n) is 7.10. The number of aliphatic hydroxyl groups excluding tert-OH is 1. The van der Waals surface area contributed by atoms with Crippen molar-refractivity contribution < 1.29 is 25.6 Å². The predicted octanol–water partition coefficient (Wildman–Crippen LogP) is 4.54. The highest BCUT2D eigenvalue weighted by Crippen LogP contribution is 2.51. The molecule has 1 fully saturated rings. The van der Waals surface area contributed by atoms with Crippen LogP contribution < -0.4 is 9.47 Å². The maximum absolute atomic E-state index is 13.4. The van der Waals surface area contributed by atoms with Crippen LogP contribution in [-0.4, -0.2) is 48.7 Å². The van der Waals surface area contributed by atoms with E-state index in [4.69, 9.17) is 14.6 Å². The second kappa shape index (κ2) is 9.19. The molecule has 1 saturated carbocycles. The number of hydrogen-bond acceptors (Lipinski definition) is 5. The Kier molecular flexibility index (Phi) is 6.07. The van der Waals surface area contributed by atoms with Gasteiger partial charge in [-0.2, -0.15) is 0 Å². The van der Waals surface area contributed by atoms with Gasteiger partial charge in [-0.25, -0.2) is 0 Å². The first-order valence-corrected chi connectivity index (χ1v) is 11.9. The normalized spacial score (nSPS) is 15.1. The molecule has 0 atom stereocenters. The Morgan fingerprint density at radius 2 is 1.74 bits per heavy atom. The summed E-state index contributed by atoms with van der Waals surface area (Å²) in [5.74, 6) is 1.54. The van der Waals surface area contributed by atoms with Gasteiger partial charge in [0.15, 0.2) is 11.5 Å². The molecule has 0 spiro atoms. The molecule has 3 aromatic rings. The SMILES string of the molecule is Cc1ccc(CC(=O)C2(c3ccc4c(c3)OCO4)CC2)cc1-c1ccc(C(=O)N(C)CCO)cc1.[HH]. The van der Waals surface area contributed by atoms with Gasteiger partial charge in [-0.05, 0) is 71.8 Å². The van der Waals surface area contributed by atoms with Crippen molar-refractivity contribution in [2.24, 2.45) is 0 Å². The number of likely N-dealkylation sites (N-methyl/N-ethyl adjacent to an activating group) is 1. The average Bonchev–Trinajstić information content (AvgIpc) is 3.55. The predicted molar refractivity (Wildman–Crippen MR) is 135 cm³/mol. The van der Waals surface area contributed by atoms with Gasteiger partial charge in [-0.15, -0.1) is 0 Å². The Hall–Kier alpha value is -3.64. The van der Waals surface area contributed by atoms with E-state index in [1.165, 1.54) is 4.90 Å². The number of fused-ring (bicyclic) bond motifs is 1. The summed E-state index contributed by atoms with van der Waals surface area (Å²) in [5.41, 5.74) is 5.27. The molecule has 3 aromatic carbocycles. The van der Waals surface area contributed by atoms with Crippen LogP contribution in [-0.2, 0) is 16.6 Å². The summed E-state index contributed by atoms with van der Waals surface area (Å²) in [6.45, 7) is 2.49. The first-order chi connectivity index (χ1) is 16.9. The molecule has 0 aromatic heterocycles. The summed E-state index contributed by atoms with van der Waals surface area (Å²) in [6.07, 6.45) is 2.07. The van der Waals surface area contributed by atoms with Gasteiger partial charge in [-0.3, -0.25) is 9.59 Å². The number of benzene rings is 3. The number of amides is 1. The molecule has 1 aliphatic heterocycles. The zero-order chi connectivity index (χ0) is 24.6. The lowest BCUT2D eigenvalue weighted by Crippen LogP contribution is -2.29.